The first-order chi connectivity index (χ1) is 3.43. The van der Waals surface area contributed by atoms with Crippen LogP contribution in [0, 0.1) is 5.92 Å². The molecule has 42 valence electrons. The van der Waals surface area contributed by atoms with Crippen molar-refractivity contribution >= 4 is 12.6 Å². The van der Waals surface area contributed by atoms with E-state index in [2.05, 4.69) is 17.9 Å². The number of hydrogen-bond acceptors (Lipinski definition) is 2. The van der Waals surface area contributed by atoms with Crippen molar-refractivity contribution in [1.29, 1.82) is 0 Å². The van der Waals surface area contributed by atoms with Crippen LogP contribution in [-0.4, -0.2) is 18.8 Å². The molecule has 1 heterocycles. The Balaban J connectivity index is 2.14. The summed E-state index contributed by atoms with van der Waals surface area (Å²) in [6.45, 7) is 2.38. The molecule has 0 aliphatic carbocycles. The Morgan fingerprint density at radius 2 is 2.57 bits per heavy atom. The summed E-state index contributed by atoms with van der Waals surface area (Å²) in [5, 5.41) is 3.27. The van der Waals surface area contributed by atoms with Crippen molar-refractivity contribution < 1.29 is 0 Å². The molecule has 1 saturated heterocycles. The quantitative estimate of drug-likeness (QED) is 0.477. The Labute approximate surface area is 49.9 Å². The summed E-state index contributed by atoms with van der Waals surface area (Å²) < 4.78 is 0. The van der Waals surface area contributed by atoms with Crippen LogP contribution in [0.25, 0.3) is 0 Å². The standard InChI is InChI=1S/C5H11NS/c7-4-5-1-2-6-3-5/h5-7H,1-4H2/t5-/m1/s1. The van der Waals surface area contributed by atoms with Crippen LogP contribution in [0.1, 0.15) is 6.42 Å². The zero-order chi connectivity index (χ0) is 5.11. The lowest BCUT2D eigenvalue weighted by atomic mass is 10.2. The molecule has 1 atom stereocenters. The van der Waals surface area contributed by atoms with Gasteiger partial charge in [-0.3, -0.25) is 0 Å². The van der Waals surface area contributed by atoms with Gasteiger partial charge in [-0.05, 0) is 31.2 Å². The van der Waals surface area contributed by atoms with Crippen molar-refractivity contribution in [3.05, 3.63) is 0 Å². The van der Waals surface area contributed by atoms with E-state index in [0.717, 1.165) is 11.7 Å². The Kier molecular flexibility index (Phi) is 2.00. The summed E-state index contributed by atoms with van der Waals surface area (Å²) in [7, 11) is 0. The van der Waals surface area contributed by atoms with Crippen LogP contribution in [-0.2, 0) is 0 Å². The molecule has 1 aliphatic rings. The summed E-state index contributed by atoms with van der Waals surface area (Å²) in [6.07, 6.45) is 1.32. The molecule has 0 aromatic rings. The number of rotatable bonds is 1. The molecule has 7 heavy (non-hydrogen) atoms. The van der Waals surface area contributed by atoms with E-state index in [1.807, 2.05) is 0 Å². The van der Waals surface area contributed by atoms with Crippen molar-refractivity contribution in [2.24, 2.45) is 5.92 Å². The summed E-state index contributed by atoms with van der Waals surface area (Å²) in [5.74, 6) is 1.90. The van der Waals surface area contributed by atoms with Gasteiger partial charge in [0, 0.05) is 0 Å². The Hall–Kier alpha value is 0.310. The van der Waals surface area contributed by atoms with Crippen molar-refractivity contribution in [3.8, 4) is 0 Å². The molecule has 2 heteroatoms. The summed E-state index contributed by atoms with van der Waals surface area (Å²) in [5.41, 5.74) is 0. The van der Waals surface area contributed by atoms with Gasteiger partial charge in [0.15, 0.2) is 0 Å². The Morgan fingerprint density at radius 1 is 1.71 bits per heavy atom. The molecule has 0 unspecified atom stereocenters. The van der Waals surface area contributed by atoms with E-state index in [9.17, 15) is 0 Å². The molecule has 1 aliphatic heterocycles. The van der Waals surface area contributed by atoms with E-state index >= 15 is 0 Å². The van der Waals surface area contributed by atoms with E-state index in [-0.39, 0.29) is 0 Å². The third-order valence-electron chi connectivity index (χ3n) is 1.42. The highest BCUT2D eigenvalue weighted by Crippen LogP contribution is 2.07. The van der Waals surface area contributed by atoms with E-state index in [1.54, 1.807) is 0 Å². The molecule has 1 fully saturated rings. The minimum absolute atomic E-state index is 0.850. The van der Waals surface area contributed by atoms with Gasteiger partial charge in [0.05, 0.1) is 0 Å². The zero-order valence-corrected chi connectivity index (χ0v) is 5.25. The molecule has 0 spiro atoms. The highest BCUT2D eigenvalue weighted by Gasteiger charge is 2.10. The normalized spacial score (nSPS) is 31.3. The fraction of sp³-hybridized carbons (Fsp3) is 1.00. The average Bonchev–Trinajstić information content (AvgIpc) is 2.14. The highest BCUT2D eigenvalue weighted by molar-refractivity contribution is 7.80. The smallest absolute Gasteiger partial charge is 0.00122 e. The highest BCUT2D eigenvalue weighted by atomic mass is 32.1. The summed E-state index contributed by atoms with van der Waals surface area (Å²) in [4.78, 5) is 0. The van der Waals surface area contributed by atoms with Gasteiger partial charge >= 0.3 is 0 Å². The van der Waals surface area contributed by atoms with Gasteiger partial charge in [-0.1, -0.05) is 0 Å². The molecule has 0 radical (unpaired) electrons. The number of nitrogens with one attached hydrogen (secondary N) is 1. The van der Waals surface area contributed by atoms with Gasteiger partial charge in [-0.15, -0.1) is 0 Å². The van der Waals surface area contributed by atoms with Crippen LogP contribution in [0.5, 0.6) is 0 Å². The molecule has 0 amide bonds. The van der Waals surface area contributed by atoms with Gasteiger partial charge < -0.3 is 5.32 Å². The second-order valence-electron chi connectivity index (χ2n) is 2.04. The molecule has 0 bridgehead atoms. The molecule has 1 rings (SSSR count). The summed E-state index contributed by atoms with van der Waals surface area (Å²) in [6, 6.07) is 0. The van der Waals surface area contributed by atoms with Crippen LogP contribution in [0.3, 0.4) is 0 Å². The van der Waals surface area contributed by atoms with E-state index in [1.165, 1.54) is 19.5 Å². The SMILES string of the molecule is SC[C@@H]1CCNC1. The van der Waals surface area contributed by atoms with E-state index in [4.69, 9.17) is 0 Å². The van der Waals surface area contributed by atoms with Gasteiger partial charge in [-0.25, -0.2) is 0 Å². The molecule has 0 aromatic carbocycles. The number of hydrogen-bond donors (Lipinski definition) is 2. The van der Waals surface area contributed by atoms with Crippen LogP contribution in [0.15, 0.2) is 0 Å². The first-order valence-corrected chi connectivity index (χ1v) is 3.38. The fourth-order valence-corrected chi connectivity index (χ4v) is 1.18. The minimum atomic E-state index is 0.850. The van der Waals surface area contributed by atoms with Crippen molar-refractivity contribution in [1.82, 2.24) is 5.32 Å². The molecular weight excluding hydrogens is 106 g/mol. The molecule has 1 nitrogen and oxygen atoms in total. The third-order valence-corrected chi connectivity index (χ3v) is 1.94. The second kappa shape index (κ2) is 2.58. The lowest BCUT2D eigenvalue weighted by molar-refractivity contribution is 0.664. The average molecular weight is 117 g/mol. The topological polar surface area (TPSA) is 12.0 Å². The molecular formula is C5H11NS. The maximum atomic E-state index is 4.18. The zero-order valence-electron chi connectivity index (χ0n) is 4.35. The monoisotopic (exact) mass is 117 g/mol. The van der Waals surface area contributed by atoms with Gasteiger partial charge in [0.25, 0.3) is 0 Å². The van der Waals surface area contributed by atoms with Crippen LogP contribution < -0.4 is 5.32 Å². The first-order valence-electron chi connectivity index (χ1n) is 2.75. The van der Waals surface area contributed by atoms with Crippen LogP contribution in [0.2, 0.25) is 0 Å². The lowest BCUT2D eigenvalue weighted by Crippen LogP contribution is -2.09. The largest absolute Gasteiger partial charge is 0.316 e. The predicted octanol–water partition coefficient (Wildman–Crippen LogP) is 0.526. The molecule has 1 N–H and O–H groups in total. The Bertz CT molecular complexity index is 50.0. The van der Waals surface area contributed by atoms with Crippen LogP contribution in [0.4, 0.5) is 0 Å². The maximum Gasteiger partial charge on any atom is -0.00122 e. The second-order valence-corrected chi connectivity index (χ2v) is 2.41. The fourth-order valence-electron chi connectivity index (χ4n) is 0.870. The third kappa shape index (κ3) is 1.35. The molecule has 0 aromatic heterocycles. The minimum Gasteiger partial charge on any atom is -0.316 e. The van der Waals surface area contributed by atoms with Gasteiger partial charge in [-0.2, -0.15) is 12.6 Å². The Morgan fingerprint density at radius 3 is 2.86 bits per heavy atom. The summed E-state index contributed by atoms with van der Waals surface area (Å²) >= 11 is 4.18. The van der Waals surface area contributed by atoms with E-state index < -0.39 is 0 Å². The van der Waals surface area contributed by atoms with Crippen molar-refractivity contribution in [3.63, 3.8) is 0 Å². The molecule has 0 saturated carbocycles. The number of thiol groups is 1. The van der Waals surface area contributed by atoms with Gasteiger partial charge in [0.1, 0.15) is 0 Å². The lowest BCUT2D eigenvalue weighted by Gasteiger charge is -1.98. The first kappa shape index (κ1) is 5.45. The predicted molar refractivity (Wildman–Crippen MR) is 34.8 cm³/mol. The van der Waals surface area contributed by atoms with Gasteiger partial charge in [0.2, 0.25) is 0 Å². The van der Waals surface area contributed by atoms with Crippen molar-refractivity contribution in [2.45, 2.75) is 6.42 Å². The van der Waals surface area contributed by atoms with Crippen molar-refractivity contribution in [2.75, 3.05) is 18.8 Å². The van der Waals surface area contributed by atoms with E-state index in [0.29, 0.717) is 0 Å². The van der Waals surface area contributed by atoms with Crippen LogP contribution >= 0.6 is 12.6 Å². The maximum absolute atomic E-state index is 4.18.